The molecule has 0 spiro atoms. The zero-order chi connectivity index (χ0) is 39.8. The van der Waals surface area contributed by atoms with Crippen LogP contribution >= 0.6 is 0 Å². The van der Waals surface area contributed by atoms with Gasteiger partial charge in [0.25, 0.3) is 5.91 Å². The fourth-order valence-corrected chi connectivity index (χ4v) is 5.69. The van der Waals surface area contributed by atoms with Crippen molar-refractivity contribution in [3.63, 3.8) is 0 Å². The van der Waals surface area contributed by atoms with Crippen LogP contribution in [-0.4, -0.2) is 109 Å². The highest BCUT2D eigenvalue weighted by molar-refractivity contribution is 5.96. The fraction of sp³-hybridized carbons (Fsp3) is 0.615. The molecule has 1 aromatic rings. The van der Waals surface area contributed by atoms with E-state index >= 15 is 0 Å². The normalized spacial score (nSPS) is 26.1. The number of hydrogen-bond acceptors (Lipinski definition) is 9. The zero-order valence-electron chi connectivity index (χ0n) is 32.7. The second kappa shape index (κ2) is 21.7. The Labute approximate surface area is 313 Å². The molecule has 0 bridgehead atoms. The minimum atomic E-state index is -1.17. The largest absolute Gasteiger partial charge is 0.464 e. The molecule has 1 aromatic carbocycles. The highest BCUT2D eigenvalue weighted by Crippen LogP contribution is 2.16. The number of ether oxygens (including phenoxy) is 2. The minimum Gasteiger partial charge on any atom is -0.464 e. The molecule has 1 unspecified atom stereocenters. The Morgan fingerprint density at radius 2 is 1.49 bits per heavy atom. The number of rotatable bonds is 6. The summed E-state index contributed by atoms with van der Waals surface area (Å²) in [5.41, 5.74) is 1.06. The lowest BCUT2D eigenvalue weighted by Gasteiger charge is -2.33. The quantitative estimate of drug-likeness (QED) is 0.370. The van der Waals surface area contributed by atoms with Crippen LogP contribution < -0.4 is 16.0 Å². The van der Waals surface area contributed by atoms with E-state index in [0.29, 0.717) is 31.3 Å². The minimum absolute atomic E-state index is 0.0170. The van der Waals surface area contributed by atoms with Crippen molar-refractivity contribution >= 4 is 41.5 Å². The SMILES string of the molecule is CCC(C)[C@@H]1NC(=O)CN(C)C(=O)[C@@H](Cc2ccccc2)N(C)C(=O)[C@H](C)NC(=O)[C@@H](CC(C)C)OC(=O)/C(C)=C/CCCCOC(=O)[C@@H](C)NC1=O. The molecule has 0 aliphatic carbocycles. The number of carbonyl (C=O) groups excluding carboxylic acids is 7. The average Bonchev–Trinajstić information content (AvgIpc) is 3.11. The van der Waals surface area contributed by atoms with Gasteiger partial charge in [-0.2, -0.15) is 0 Å². The Morgan fingerprint density at radius 3 is 2.11 bits per heavy atom. The summed E-state index contributed by atoms with van der Waals surface area (Å²) in [5.74, 6) is -4.58. The molecule has 3 N–H and O–H groups in total. The van der Waals surface area contributed by atoms with Gasteiger partial charge < -0.3 is 35.2 Å². The topological polar surface area (TPSA) is 181 Å². The number of benzene rings is 1. The van der Waals surface area contributed by atoms with Crippen molar-refractivity contribution in [2.45, 2.75) is 117 Å². The summed E-state index contributed by atoms with van der Waals surface area (Å²) in [6, 6.07) is 4.90. The highest BCUT2D eigenvalue weighted by Gasteiger charge is 2.35. The molecule has 6 atom stereocenters. The Hall–Kier alpha value is -4.75. The van der Waals surface area contributed by atoms with Gasteiger partial charge in [-0.15, -0.1) is 0 Å². The van der Waals surface area contributed by atoms with Gasteiger partial charge in [0, 0.05) is 26.1 Å². The number of hydrogen-bond donors (Lipinski definition) is 3. The summed E-state index contributed by atoms with van der Waals surface area (Å²) in [6.07, 6.45) is 2.95. The van der Waals surface area contributed by atoms with Crippen LogP contribution in [0.15, 0.2) is 42.0 Å². The standard InChI is InChI=1S/C39H59N5O9/c1-10-25(4)33-35(47)41-28(7)39(51)52-20-16-12-13-17-26(5)38(50)53-31(21-24(2)3)34(46)40-27(6)36(48)44(9)30(22-29-18-14-11-15-19-29)37(49)43(8)23-32(45)42-33/h11,14-15,17-19,24-25,27-28,30-31,33H,10,12-13,16,20-23H2,1-9H3,(H,40,46)(H,41,47)(H,42,45)/b26-17+/t25?,27-,28+,30+,31+,33-/m0/s1. The average molecular weight is 742 g/mol. The number of allylic oxidation sites excluding steroid dienone is 1. The number of likely N-dealkylation sites (N-methyl/N-ethyl adjacent to an activating group) is 2. The summed E-state index contributed by atoms with van der Waals surface area (Å²) in [6.45, 7) is 11.7. The predicted molar refractivity (Wildman–Crippen MR) is 199 cm³/mol. The molecule has 294 valence electrons. The van der Waals surface area contributed by atoms with E-state index in [2.05, 4.69) is 16.0 Å². The lowest BCUT2D eigenvalue weighted by atomic mass is 9.98. The number of nitrogens with zero attached hydrogens (tertiary/aromatic N) is 2. The van der Waals surface area contributed by atoms with Gasteiger partial charge in [-0.05, 0) is 63.9 Å². The first kappa shape index (κ1) is 44.4. The van der Waals surface area contributed by atoms with Crippen LogP contribution in [0.1, 0.15) is 86.1 Å². The van der Waals surface area contributed by atoms with Crippen LogP contribution in [0, 0.1) is 11.8 Å². The Kier molecular flexibility index (Phi) is 18.2. The van der Waals surface area contributed by atoms with Crippen molar-refractivity contribution in [3.05, 3.63) is 47.5 Å². The molecule has 1 heterocycles. The van der Waals surface area contributed by atoms with Gasteiger partial charge >= 0.3 is 11.9 Å². The lowest BCUT2D eigenvalue weighted by Crippen LogP contribution is -2.57. The van der Waals surface area contributed by atoms with Crippen molar-refractivity contribution in [2.24, 2.45) is 11.8 Å². The number of esters is 2. The molecule has 0 fully saturated rings. The smallest absolute Gasteiger partial charge is 0.334 e. The van der Waals surface area contributed by atoms with Crippen LogP contribution in [0.3, 0.4) is 0 Å². The second-order valence-electron chi connectivity index (χ2n) is 14.3. The molecule has 0 saturated carbocycles. The van der Waals surface area contributed by atoms with E-state index in [0.717, 1.165) is 5.56 Å². The third-order valence-electron chi connectivity index (χ3n) is 9.23. The van der Waals surface area contributed by atoms with E-state index in [4.69, 9.17) is 9.47 Å². The van der Waals surface area contributed by atoms with Gasteiger partial charge in [-0.1, -0.05) is 70.5 Å². The van der Waals surface area contributed by atoms with E-state index in [9.17, 15) is 33.6 Å². The van der Waals surface area contributed by atoms with E-state index in [-0.39, 0.29) is 31.3 Å². The Balaban J connectivity index is 2.46. The fourth-order valence-electron chi connectivity index (χ4n) is 5.69. The molecule has 14 nitrogen and oxygen atoms in total. The van der Waals surface area contributed by atoms with Crippen LogP contribution in [0.5, 0.6) is 0 Å². The molecule has 0 radical (unpaired) electrons. The first-order chi connectivity index (χ1) is 25.0. The molecule has 0 saturated heterocycles. The van der Waals surface area contributed by atoms with Crippen LogP contribution in [0.25, 0.3) is 0 Å². The summed E-state index contributed by atoms with van der Waals surface area (Å²) in [4.78, 5) is 96.0. The third kappa shape index (κ3) is 14.3. The van der Waals surface area contributed by atoms with Crippen molar-refractivity contribution < 1.29 is 43.0 Å². The predicted octanol–water partition coefficient (Wildman–Crippen LogP) is 2.69. The molecule has 14 heteroatoms. The molecule has 1 aliphatic rings. The van der Waals surface area contributed by atoms with Crippen molar-refractivity contribution in [1.29, 1.82) is 0 Å². The molecule has 5 amide bonds. The number of nitrogens with one attached hydrogen (secondary N) is 3. The maximum atomic E-state index is 14.0. The number of amides is 5. The van der Waals surface area contributed by atoms with Crippen LogP contribution in [0.4, 0.5) is 0 Å². The summed E-state index contributed by atoms with van der Waals surface area (Å²) < 4.78 is 11.0. The molecular formula is C39H59N5O9. The highest BCUT2D eigenvalue weighted by atomic mass is 16.5. The summed E-state index contributed by atoms with van der Waals surface area (Å²) in [7, 11) is 2.88. The van der Waals surface area contributed by atoms with Crippen LogP contribution in [0.2, 0.25) is 0 Å². The van der Waals surface area contributed by atoms with E-state index < -0.39 is 78.3 Å². The first-order valence-corrected chi connectivity index (χ1v) is 18.5. The maximum absolute atomic E-state index is 14.0. The zero-order valence-corrected chi connectivity index (χ0v) is 32.7. The van der Waals surface area contributed by atoms with Crippen molar-refractivity contribution in [3.8, 4) is 0 Å². The molecule has 53 heavy (non-hydrogen) atoms. The summed E-state index contributed by atoms with van der Waals surface area (Å²) in [5, 5.41) is 8.02. The van der Waals surface area contributed by atoms with Gasteiger partial charge in [-0.25, -0.2) is 9.59 Å². The molecular weight excluding hydrogens is 682 g/mol. The molecule has 0 aromatic heterocycles. The summed E-state index contributed by atoms with van der Waals surface area (Å²) >= 11 is 0. The van der Waals surface area contributed by atoms with E-state index in [1.807, 2.05) is 39.0 Å². The van der Waals surface area contributed by atoms with Gasteiger partial charge in [-0.3, -0.25) is 24.0 Å². The van der Waals surface area contributed by atoms with Gasteiger partial charge in [0.1, 0.15) is 24.2 Å². The Bertz CT molecular complexity index is 1460. The maximum Gasteiger partial charge on any atom is 0.334 e. The second-order valence-corrected chi connectivity index (χ2v) is 14.3. The number of carbonyl (C=O) groups is 7. The first-order valence-electron chi connectivity index (χ1n) is 18.5. The third-order valence-corrected chi connectivity index (χ3v) is 9.23. The van der Waals surface area contributed by atoms with Crippen molar-refractivity contribution in [1.82, 2.24) is 25.8 Å². The van der Waals surface area contributed by atoms with E-state index in [1.165, 1.54) is 37.7 Å². The van der Waals surface area contributed by atoms with Gasteiger partial charge in [0.15, 0.2) is 6.10 Å². The van der Waals surface area contributed by atoms with Gasteiger partial charge in [0.05, 0.1) is 13.2 Å². The van der Waals surface area contributed by atoms with E-state index in [1.54, 1.807) is 32.1 Å². The Morgan fingerprint density at radius 1 is 0.849 bits per heavy atom. The lowest BCUT2D eigenvalue weighted by molar-refractivity contribution is -0.154. The van der Waals surface area contributed by atoms with Crippen molar-refractivity contribution in [2.75, 3.05) is 27.2 Å². The van der Waals surface area contributed by atoms with Crippen LogP contribution in [-0.2, 0) is 49.5 Å². The monoisotopic (exact) mass is 741 g/mol. The molecule has 1 aliphatic heterocycles. The van der Waals surface area contributed by atoms with Gasteiger partial charge in [0.2, 0.25) is 23.6 Å². The number of cyclic esters (lactones) is 2. The molecule has 2 rings (SSSR count).